The van der Waals surface area contributed by atoms with Gasteiger partial charge in [0, 0.05) is 5.56 Å². The lowest BCUT2D eigenvalue weighted by Gasteiger charge is -2.17. The van der Waals surface area contributed by atoms with Crippen molar-refractivity contribution in [1.82, 2.24) is 25.3 Å². The molecule has 2 aromatic heterocycles. The Labute approximate surface area is 115 Å². The smallest absolute Gasteiger partial charge is 0.200 e. The number of fused-ring (bicyclic) bond motifs is 1. The van der Waals surface area contributed by atoms with Gasteiger partial charge in [-0.05, 0) is 35.5 Å². The maximum Gasteiger partial charge on any atom is 0.200 e. The zero-order valence-corrected chi connectivity index (χ0v) is 11.2. The van der Waals surface area contributed by atoms with Crippen LogP contribution in [0.2, 0.25) is 0 Å². The van der Waals surface area contributed by atoms with Crippen molar-refractivity contribution in [3.05, 3.63) is 42.0 Å². The Balaban J connectivity index is 1.86. The molecule has 0 amide bonds. The fourth-order valence-electron chi connectivity index (χ4n) is 2.05. The summed E-state index contributed by atoms with van der Waals surface area (Å²) < 4.78 is 6.75. The Morgan fingerprint density at radius 1 is 1.20 bits per heavy atom. The van der Waals surface area contributed by atoms with Crippen LogP contribution in [0.15, 0.2) is 36.4 Å². The van der Waals surface area contributed by atoms with Gasteiger partial charge in [0.2, 0.25) is 0 Å². The first-order valence-corrected chi connectivity index (χ1v) is 6.23. The third kappa shape index (κ3) is 2.25. The second-order valence-corrected chi connectivity index (χ2v) is 4.35. The number of nitrogens with one attached hydrogen (secondary N) is 1. The lowest BCUT2D eigenvalue weighted by molar-refractivity contribution is 0.408. The van der Waals surface area contributed by atoms with E-state index in [1.165, 1.54) is 4.63 Å². The fourth-order valence-corrected chi connectivity index (χ4v) is 2.05. The van der Waals surface area contributed by atoms with Gasteiger partial charge in [0.15, 0.2) is 5.65 Å². The van der Waals surface area contributed by atoms with E-state index in [9.17, 15) is 0 Å². The molecule has 2 heterocycles. The van der Waals surface area contributed by atoms with Crippen molar-refractivity contribution in [2.24, 2.45) is 0 Å². The van der Waals surface area contributed by atoms with Crippen LogP contribution in [0.4, 0.5) is 5.82 Å². The predicted molar refractivity (Wildman–Crippen MR) is 73.6 cm³/mol. The van der Waals surface area contributed by atoms with Crippen molar-refractivity contribution in [3.8, 4) is 5.75 Å². The van der Waals surface area contributed by atoms with Gasteiger partial charge in [0.25, 0.3) is 0 Å². The molecule has 0 saturated carbocycles. The van der Waals surface area contributed by atoms with Gasteiger partial charge in [0.05, 0.1) is 13.2 Å². The summed E-state index contributed by atoms with van der Waals surface area (Å²) in [5, 5.41) is 18.7. The molecule has 20 heavy (non-hydrogen) atoms. The molecule has 3 rings (SSSR count). The van der Waals surface area contributed by atoms with E-state index in [2.05, 4.69) is 25.9 Å². The molecule has 1 aromatic carbocycles. The summed E-state index contributed by atoms with van der Waals surface area (Å²) >= 11 is 0. The molecule has 0 bridgehead atoms. The largest absolute Gasteiger partial charge is 0.496 e. The molecule has 0 saturated heterocycles. The van der Waals surface area contributed by atoms with Crippen LogP contribution in [0.1, 0.15) is 18.5 Å². The zero-order valence-electron chi connectivity index (χ0n) is 11.2. The zero-order chi connectivity index (χ0) is 13.9. The van der Waals surface area contributed by atoms with E-state index in [0.717, 1.165) is 11.3 Å². The van der Waals surface area contributed by atoms with E-state index in [1.807, 2.05) is 43.3 Å². The molecule has 7 heteroatoms. The van der Waals surface area contributed by atoms with Crippen molar-refractivity contribution < 1.29 is 4.74 Å². The number of tetrazole rings is 1. The van der Waals surface area contributed by atoms with Gasteiger partial charge in [-0.15, -0.1) is 14.8 Å². The summed E-state index contributed by atoms with van der Waals surface area (Å²) in [7, 11) is 1.66. The van der Waals surface area contributed by atoms with Crippen molar-refractivity contribution in [2.45, 2.75) is 13.0 Å². The first kappa shape index (κ1) is 12.3. The number of ether oxygens (including phenoxy) is 1. The van der Waals surface area contributed by atoms with Crippen molar-refractivity contribution >= 4 is 11.5 Å². The van der Waals surface area contributed by atoms with Gasteiger partial charge in [-0.1, -0.05) is 18.2 Å². The minimum Gasteiger partial charge on any atom is -0.496 e. The van der Waals surface area contributed by atoms with E-state index < -0.39 is 0 Å². The maximum atomic E-state index is 5.36. The lowest BCUT2D eigenvalue weighted by atomic mass is 10.1. The van der Waals surface area contributed by atoms with Crippen molar-refractivity contribution in [1.29, 1.82) is 0 Å². The number of para-hydroxylation sites is 1. The molecule has 1 atom stereocenters. The first-order valence-electron chi connectivity index (χ1n) is 6.23. The van der Waals surface area contributed by atoms with E-state index in [4.69, 9.17) is 4.74 Å². The molecule has 0 unspecified atom stereocenters. The van der Waals surface area contributed by atoms with Crippen molar-refractivity contribution in [2.75, 3.05) is 12.4 Å². The molecule has 1 N–H and O–H groups in total. The summed E-state index contributed by atoms with van der Waals surface area (Å²) in [6, 6.07) is 11.6. The third-order valence-electron chi connectivity index (χ3n) is 3.04. The van der Waals surface area contributed by atoms with E-state index in [-0.39, 0.29) is 6.04 Å². The van der Waals surface area contributed by atoms with Crippen LogP contribution in [0.5, 0.6) is 5.75 Å². The first-order chi connectivity index (χ1) is 9.78. The van der Waals surface area contributed by atoms with Gasteiger partial charge in [0.1, 0.15) is 11.6 Å². The van der Waals surface area contributed by atoms with Gasteiger partial charge in [-0.3, -0.25) is 0 Å². The molecule has 0 aliphatic rings. The van der Waals surface area contributed by atoms with Crippen LogP contribution in [-0.4, -0.2) is 32.4 Å². The van der Waals surface area contributed by atoms with E-state index in [0.29, 0.717) is 11.5 Å². The van der Waals surface area contributed by atoms with Crippen LogP contribution >= 0.6 is 0 Å². The Morgan fingerprint density at radius 2 is 2.05 bits per heavy atom. The number of rotatable bonds is 4. The summed E-state index contributed by atoms with van der Waals surface area (Å²) in [6.07, 6.45) is 0. The number of hydrogen-bond acceptors (Lipinski definition) is 6. The third-order valence-corrected chi connectivity index (χ3v) is 3.04. The normalized spacial score (nSPS) is 12.3. The number of nitrogens with zero attached hydrogens (tertiary/aromatic N) is 5. The quantitative estimate of drug-likeness (QED) is 0.777. The average Bonchev–Trinajstić information content (AvgIpc) is 2.94. The van der Waals surface area contributed by atoms with Gasteiger partial charge >= 0.3 is 0 Å². The number of benzene rings is 1. The maximum absolute atomic E-state index is 5.36. The number of anilines is 1. The monoisotopic (exact) mass is 270 g/mol. The van der Waals surface area contributed by atoms with Gasteiger partial charge in [-0.2, -0.15) is 0 Å². The highest BCUT2D eigenvalue weighted by Crippen LogP contribution is 2.26. The molecule has 0 fully saturated rings. The van der Waals surface area contributed by atoms with Gasteiger partial charge in [-0.25, -0.2) is 0 Å². The highest BCUT2D eigenvalue weighted by molar-refractivity contribution is 5.45. The molecule has 0 aliphatic carbocycles. The predicted octanol–water partition coefficient (Wildman–Crippen LogP) is 1.70. The number of methoxy groups -OCH3 is 1. The minimum absolute atomic E-state index is 0.0487. The second kappa shape index (κ2) is 5.12. The van der Waals surface area contributed by atoms with Crippen LogP contribution in [-0.2, 0) is 0 Å². The minimum atomic E-state index is 0.0487. The molecule has 7 nitrogen and oxygen atoms in total. The highest BCUT2D eigenvalue weighted by atomic mass is 16.5. The van der Waals surface area contributed by atoms with E-state index >= 15 is 0 Å². The van der Waals surface area contributed by atoms with Crippen molar-refractivity contribution in [3.63, 3.8) is 0 Å². The number of hydrogen-bond donors (Lipinski definition) is 1. The molecule has 0 spiro atoms. The van der Waals surface area contributed by atoms with Crippen LogP contribution in [0, 0.1) is 0 Å². The summed E-state index contributed by atoms with van der Waals surface area (Å²) in [4.78, 5) is 0. The second-order valence-electron chi connectivity index (χ2n) is 4.35. The Bertz CT molecular complexity index is 725. The topological polar surface area (TPSA) is 77.2 Å². The average molecular weight is 270 g/mol. The molecule has 0 radical (unpaired) electrons. The summed E-state index contributed by atoms with van der Waals surface area (Å²) in [5.41, 5.74) is 1.68. The molecular formula is C13H14N6O. The number of aromatic nitrogens is 5. The van der Waals surface area contributed by atoms with E-state index in [1.54, 1.807) is 7.11 Å². The Hall–Kier alpha value is -2.70. The lowest BCUT2D eigenvalue weighted by Crippen LogP contribution is -2.10. The summed E-state index contributed by atoms with van der Waals surface area (Å²) in [6.45, 7) is 2.04. The SMILES string of the molecule is COc1ccccc1[C@H](C)Nc1ccc2nnnn2n1. The molecular weight excluding hydrogens is 256 g/mol. The van der Waals surface area contributed by atoms with Crippen LogP contribution in [0.25, 0.3) is 5.65 Å². The van der Waals surface area contributed by atoms with Crippen LogP contribution < -0.4 is 10.1 Å². The Morgan fingerprint density at radius 3 is 2.90 bits per heavy atom. The van der Waals surface area contributed by atoms with Crippen LogP contribution in [0.3, 0.4) is 0 Å². The molecule has 0 aliphatic heterocycles. The van der Waals surface area contributed by atoms with Gasteiger partial charge < -0.3 is 10.1 Å². The highest BCUT2D eigenvalue weighted by Gasteiger charge is 2.11. The summed E-state index contributed by atoms with van der Waals surface area (Å²) in [5.74, 6) is 1.54. The fraction of sp³-hybridized carbons (Fsp3) is 0.231. The molecule has 102 valence electrons. The molecule has 3 aromatic rings. The Kier molecular flexibility index (Phi) is 3.16. The standard InChI is InChI=1S/C13H14N6O/c1-9(10-5-3-4-6-11(10)20-2)14-12-7-8-13-15-17-18-19(13)16-12/h3-9H,1-2H3,(H,14,16)/t9-/m0/s1.